The largest absolute Gasteiger partial charge is 0.454 e. The Morgan fingerprint density at radius 1 is 1.03 bits per heavy atom. The molecule has 0 spiro atoms. The molecule has 0 aliphatic carbocycles. The van der Waals surface area contributed by atoms with Gasteiger partial charge in [-0.2, -0.15) is 0 Å². The maximum Gasteiger partial charge on any atom is 0.326 e. The van der Waals surface area contributed by atoms with Crippen LogP contribution in [0.1, 0.15) is 0 Å². The predicted octanol–water partition coefficient (Wildman–Crippen LogP) is 2.67. The van der Waals surface area contributed by atoms with E-state index in [4.69, 9.17) is 16.3 Å². The van der Waals surface area contributed by atoms with E-state index in [1.807, 2.05) is 42.5 Å². The van der Waals surface area contributed by atoms with Crippen molar-refractivity contribution in [1.29, 1.82) is 0 Å². The van der Waals surface area contributed by atoms with Crippen molar-refractivity contribution in [3.05, 3.63) is 53.6 Å². The number of halogens is 1. The first-order valence-electron chi connectivity index (χ1n) is 9.97. The quantitative estimate of drug-likeness (QED) is 0.640. The maximum atomic E-state index is 12.5. The van der Waals surface area contributed by atoms with Crippen LogP contribution in [-0.2, 0) is 19.1 Å². The lowest BCUT2D eigenvalue weighted by molar-refractivity contribution is -0.151. The van der Waals surface area contributed by atoms with Crippen molar-refractivity contribution in [2.24, 2.45) is 0 Å². The molecule has 9 heteroatoms. The molecule has 2 aromatic rings. The van der Waals surface area contributed by atoms with Gasteiger partial charge in [-0.15, -0.1) is 11.8 Å². The van der Waals surface area contributed by atoms with Crippen LogP contribution in [-0.4, -0.2) is 67.8 Å². The molecule has 2 aromatic carbocycles. The zero-order valence-corrected chi connectivity index (χ0v) is 18.4. The summed E-state index contributed by atoms with van der Waals surface area (Å²) >= 11 is 7.50. The van der Waals surface area contributed by atoms with E-state index in [9.17, 15) is 14.4 Å². The number of esters is 1. The topological polar surface area (TPSA) is 70.2 Å². The Kier molecular flexibility index (Phi) is 6.67. The number of hydrogen-bond acceptors (Lipinski definition) is 6. The second-order valence-electron chi connectivity index (χ2n) is 7.24. The van der Waals surface area contributed by atoms with E-state index in [-0.39, 0.29) is 30.7 Å². The molecule has 2 aliphatic heterocycles. The fourth-order valence-electron chi connectivity index (χ4n) is 3.62. The maximum absolute atomic E-state index is 12.5. The average molecular weight is 460 g/mol. The molecule has 0 bridgehead atoms. The van der Waals surface area contributed by atoms with Gasteiger partial charge in [0.25, 0.3) is 5.91 Å². The van der Waals surface area contributed by atoms with Crippen LogP contribution >= 0.6 is 23.4 Å². The summed E-state index contributed by atoms with van der Waals surface area (Å²) in [6.07, 6.45) is 0. The molecule has 31 heavy (non-hydrogen) atoms. The van der Waals surface area contributed by atoms with E-state index in [2.05, 4.69) is 4.90 Å². The van der Waals surface area contributed by atoms with Crippen LogP contribution in [0.15, 0.2) is 53.4 Å². The number of piperazine rings is 1. The number of thioether (sulfide) groups is 1. The number of para-hydroxylation sites is 1. The van der Waals surface area contributed by atoms with E-state index in [1.54, 1.807) is 11.0 Å². The summed E-state index contributed by atoms with van der Waals surface area (Å²) in [5.74, 6) is -0.703. The highest BCUT2D eigenvalue weighted by Crippen LogP contribution is 2.34. The number of rotatable bonds is 5. The van der Waals surface area contributed by atoms with Crippen molar-refractivity contribution >= 4 is 52.5 Å². The van der Waals surface area contributed by atoms with Gasteiger partial charge >= 0.3 is 5.97 Å². The Labute approximate surface area is 189 Å². The normalized spacial score (nSPS) is 16.2. The molecule has 2 aliphatic rings. The molecule has 0 radical (unpaired) electrons. The third-order valence-corrected chi connectivity index (χ3v) is 6.54. The summed E-state index contributed by atoms with van der Waals surface area (Å²) in [7, 11) is 0. The summed E-state index contributed by atoms with van der Waals surface area (Å²) < 4.78 is 5.19. The van der Waals surface area contributed by atoms with E-state index in [1.165, 1.54) is 16.7 Å². The smallest absolute Gasteiger partial charge is 0.326 e. The number of fused-ring (bicyclic) bond motifs is 1. The van der Waals surface area contributed by atoms with Crippen molar-refractivity contribution in [2.45, 2.75) is 4.90 Å². The van der Waals surface area contributed by atoms with Crippen LogP contribution in [0.2, 0.25) is 5.02 Å². The molecule has 2 heterocycles. The van der Waals surface area contributed by atoms with E-state index in [0.717, 1.165) is 10.6 Å². The van der Waals surface area contributed by atoms with Gasteiger partial charge < -0.3 is 14.5 Å². The van der Waals surface area contributed by atoms with Gasteiger partial charge in [-0.1, -0.05) is 29.8 Å². The van der Waals surface area contributed by atoms with Crippen molar-refractivity contribution in [2.75, 3.05) is 54.9 Å². The highest BCUT2D eigenvalue weighted by Gasteiger charge is 2.28. The highest BCUT2D eigenvalue weighted by atomic mass is 35.5. The fourth-order valence-corrected chi connectivity index (χ4v) is 4.74. The van der Waals surface area contributed by atoms with Gasteiger partial charge in [0.15, 0.2) is 6.61 Å². The molecule has 162 valence electrons. The zero-order chi connectivity index (χ0) is 21.8. The molecule has 0 atom stereocenters. The Hall–Kier alpha value is -2.71. The van der Waals surface area contributed by atoms with Crippen molar-refractivity contribution < 1.29 is 19.1 Å². The fraction of sp³-hybridized carbons (Fsp3) is 0.318. The molecule has 2 amide bonds. The minimum absolute atomic E-state index is 0.149. The summed E-state index contributed by atoms with van der Waals surface area (Å²) in [4.78, 5) is 43.3. The van der Waals surface area contributed by atoms with E-state index < -0.39 is 5.97 Å². The number of carbonyl (C=O) groups excluding carboxylic acids is 3. The number of ether oxygens (including phenoxy) is 1. The van der Waals surface area contributed by atoms with Gasteiger partial charge in [0.1, 0.15) is 6.54 Å². The van der Waals surface area contributed by atoms with Crippen LogP contribution < -0.4 is 9.80 Å². The Morgan fingerprint density at radius 3 is 2.58 bits per heavy atom. The van der Waals surface area contributed by atoms with Gasteiger partial charge in [0, 0.05) is 41.8 Å². The van der Waals surface area contributed by atoms with Crippen molar-refractivity contribution in [3.63, 3.8) is 0 Å². The molecule has 1 fully saturated rings. The number of amides is 2. The lowest BCUT2D eigenvalue weighted by atomic mass is 10.2. The van der Waals surface area contributed by atoms with Gasteiger partial charge in [-0.25, -0.2) is 0 Å². The number of benzene rings is 2. The number of nitrogens with zero attached hydrogens (tertiary/aromatic N) is 3. The summed E-state index contributed by atoms with van der Waals surface area (Å²) in [5, 5.41) is 0.677. The molecule has 7 nitrogen and oxygen atoms in total. The average Bonchev–Trinajstić information content (AvgIpc) is 2.79. The molecule has 1 saturated heterocycles. The Balaban J connectivity index is 1.26. The summed E-state index contributed by atoms with van der Waals surface area (Å²) in [6.45, 7) is 1.91. The van der Waals surface area contributed by atoms with Crippen LogP contribution in [0, 0.1) is 0 Å². The third kappa shape index (κ3) is 5.14. The number of anilines is 2. The van der Waals surface area contributed by atoms with Gasteiger partial charge in [0.2, 0.25) is 5.91 Å². The summed E-state index contributed by atoms with van der Waals surface area (Å²) in [5.41, 5.74) is 1.72. The lowest BCUT2D eigenvalue weighted by Crippen LogP contribution is -2.50. The Morgan fingerprint density at radius 2 is 1.81 bits per heavy atom. The van der Waals surface area contributed by atoms with Gasteiger partial charge in [-0.05, 0) is 30.3 Å². The van der Waals surface area contributed by atoms with Crippen molar-refractivity contribution in [3.8, 4) is 0 Å². The minimum Gasteiger partial charge on any atom is -0.454 e. The second-order valence-corrected chi connectivity index (χ2v) is 8.70. The minimum atomic E-state index is -0.596. The molecule has 0 N–H and O–H groups in total. The molecular weight excluding hydrogens is 438 g/mol. The zero-order valence-electron chi connectivity index (χ0n) is 16.8. The first-order chi connectivity index (χ1) is 15.0. The third-order valence-electron chi connectivity index (χ3n) is 5.26. The monoisotopic (exact) mass is 459 g/mol. The molecule has 0 aromatic heterocycles. The number of hydrogen-bond donors (Lipinski definition) is 0. The van der Waals surface area contributed by atoms with E-state index >= 15 is 0 Å². The van der Waals surface area contributed by atoms with Crippen LogP contribution in [0.5, 0.6) is 0 Å². The molecule has 0 saturated carbocycles. The summed E-state index contributed by atoms with van der Waals surface area (Å²) in [6, 6.07) is 15.1. The molecule has 4 rings (SSSR count). The highest BCUT2D eigenvalue weighted by molar-refractivity contribution is 8.00. The van der Waals surface area contributed by atoms with Gasteiger partial charge in [-0.3, -0.25) is 19.3 Å². The first-order valence-corrected chi connectivity index (χ1v) is 11.3. The molecule has 0 unspecified atom stereocenters. The Bertz CT molecular complexity index is 994. The SMILES string of the molecule is O=C(CN1C(=O)CSc2ccccc21)OCC(=O)N1CCN(c2cccc(Cl)c2)CC1. The standard InChI is InChI=1S/C22H22ClN3O4S/c23-16-4-3-5-17(12-16)24-8-10-25(11-9-24)20(27)14-30-22(29)13-26-18-6-1-2-7-19(18)31-15-21(26)28/h1-7,12H,8-11,13-15H2. The first kappa shape index (κ1) is 21.5. The van der Waals surface area contributed by atoms with Crippen LogP contribution in [0.3, 0.4) is 0 Å². The number of carbonyl (C=O) groups is 3. The van der Waals surface area contributed by atoms with Gasteiger partial charge in [0.05, 0.1) is 11.4 Å². The second kappa shape index (κ2) is 9.62. The van der Waals surface area contributed by atoms with E-state index in [0.29, 0.717) is 36.9 Å². The van der Waals surface area contributed by atoms with Crippen LogP contribution in [0.25, 0.3) is 0 Å². The lowest BCUT2D eigenvalue weighted by Gasteiger charge is -2.36. The predicted molar refractivity (Wildman–Crippen MR) is 121 cm³/mol. The van der Waals surface area contributed by atoms with Crippen molar-refractivity contribution in [1.82, 2.24) is 4.90 Å². The molecular formula is C22H22ClN3O4S. The van der Waals surface area contributed by atoms with Crippen LogP contribution in [0.4, 0.5) is 11.4 Å².